The first-order valence-corrected chi connectivity index (χ1v) is 7.33. The van der Waals surface area contributed by atoms with Gasteiger partial charge in [-0.25, -0.2) is 0 Å². The van der Waals surface area contributed by atoms with Crippen molar-refractivity contribution >= 4 is 11.6 Å². The van der Waals surface area contributed by atoms with Gasteiger partial charge in [0, 0.05) is 12.7 Å². The Balaban J connectivity index is 1.84. The van der Waals surface area contributed by atoms with E-state index in [1.807, 2.05) is 55.5 Å². The first-order valence-electron chi connectivity index (χ1n) is 7.33. The fourth-order valence-corrected chi connectivity index (χ4v) is 2.22. The van der Waals surface area contributed by atoms with Gasteiger partial charge in [0.1, 0.15) is 18.5 Å². The molecule has 0 aromatic heterocycles. The molecule has 1 saturated heterocycles. The molecule has 1 aliphatic heterocycles. The number of hydrogen-bond donors (Lipinski definition) is 0. The lowest BCUT2D eigenvalue weighted by Gasteiger charge is -2.19. The Morgan fingerprint density at radius 2 is 2.00 bits per heavy atom. The quantitative estimate of drug-likeness (QED) is 0.797. The predicted octanol–water partition coefficient (Wildman–Crippen LogP) is 3.05. The minimum Gasteiger partial charge on any atom is -0.490 e. The van der Waals surface area contributed by atoms with E-state index in [1.54, 1.807) is 11.9 Å². The van der Waals surface area contributed by atoms with E-state index < -0.39 is 0 Å². The molecule has 2 aromatic rings. The van der Waals surface area contributed by atoms with Crippen LogP contribution in [0.5, 0.6) is 5.75 Å². The van der Waals surface area contributed by atoms with E-state index in [0.29, 0.717) is 17.9 Å². The number of rotatable bonds is 5. The lowest BCUT2D eigenvalue weighted by Crippen LogP contribution is -2.27. The zero-order chi connectivity index (χ0) is 15.5. The number of ether oxygens (including phenoxy) is 2. The van der Waals surface area contributed by atoms with E-state index in [4.69, 9.17) is 9.47 Å². The zero-order valence-electron chi connectivity index (χ0n) is 12.8. The normalized spacial score (nSPS) is 16.2. The van der Waals surface area contributed by atoms with Crippen LogP contribution in [-0.4, -0.2) is 32.3 Å². The molecular weight excluding hydrogens is 278 g/mol. The summed E-state index contributed by atoms with van der Waals surface area (Å²) in [6.07, 6.45) is 0.162. The summed E-state index contributed by atoms with van der Waals surface area (Å²) >= 11 is 0. The molecule has 0 saturated carbocycles. The third-order valence-electron chi connectivity index (χ3n) is 3.64. The Kier molecular flexibility index (Phi) is 4.11. The van der Waals surface area contributed by atoms with E-state index in [9.17, 15) is 4.79 Å². The summed E-state index contributed by atoms with van der Waals surface area (Å²) in [5.74, 6) is 0.529. The number of epoxide rings is 1. The summed E-state index contributed by atoms with van der Waals surface area (Å²) in [4.78, 5) is 14.4. The average molecular weight is 297 g/mol. The number of para-hydroxylation sites is 1. The number of benzene rings is 2. The average Bonchev–Trinajstić information content (AvgIpc) is 3.37. The molecule has 1 unspecified atom stereocenters. The summed E-state index contributed by atoms with van der Waals surface area (Å²) < 4.78 is 10.9. The fourth-order valence-electron chi connectivity index (χ4n) is 2.22. The first kappa shape index (κ1) is 14.6. The van der Waals surface area contributed by atoms with Crippen molar-refractivity contribution < 1.29 is 14.3 Å². The smallest absolute Gasteiger partial charge is 0.261 e. The van der Waals surface area contributed by atoms with Crippen molar-refractivity contribution in [3.63, 3.8) is 0 Å². The van der Waals surface area contributed by atoms with Crippen molar-refractivity contribution in [3.05, 3.63) is 59.7 Å². The van der Waals surface area contributed by atoms with Crippen LogP contribution >= 0.6 is 0 Å². The highest BCUT2D eigenvalue weighted by molar-refractivity contribution is 6.07. The third kappa shape index (κ3) is 3.28. The minimum absolute atomic E-state index is 0.0853. The van der Waals surface area contributed by atoms with Crippen LogP contribution in [0.1, 0.15) is 15.9 Å². The third-order valence-corrected chi connectivity index (χ3v) is 3.64. The van der Waals surface area contributed by atoms with Crippen molar-refractivity contribution in [2.75, 3.05) is 25.2 Å². The van der Waals surface area contributed by atoms with Crippen molar-refractivity contribution in [2.45, 2.75) is 13.0 Å². The number of hydrogen-bond acceptors (Lipinski definition) is 3. The molecule has 1 fully saturated rings. The van der Waals surface area contributed by atoms with Crippen LogP contribution < -0.4 is 9.64 Å². The molecule has 0 radical (unpaired) electrons. The van der Waals surface area contributed by atoms with Gasteiger partial charge < -0.3 is 14.4 Å². The minimum atomic E-state index is -0.0853. The van der Waals surface area contributed by atoms with Gasteiger partial charge in [0.2, 0.25) is 0 Å². The summed E-state index contributed by atoms with van der Waals surface area (Å²) in [7, 11) is 1.77. The second-order valence-corrected chi connectivity index (χ2v) is 5.47. The molecule has 1 aliphatic rings. The number of aryl methyl sites for hydroxylation is 1. The van der Waals surface area contributed by atoms with Crippen molar-refractivity contribution in [3.8, 4) is 5.75 Å². The SMILES string of the molecule is Cc1ccc(C(=O)N(C)c2ccccc2)c(OCC2CO2)c1. The summed E-state index contributed by atoms with van der Waals surface area (Å²) in [6, 6.07) is 15.2. The van der Waals surface area contributed by atoms with Gasteiger partial charge >= 0.3 is 0 Å². The van der Waals surface area contributed by atoms with Crippen LogP contribution in [0.4, 0.5) is 5.69 Å². The number of anilines is 1. The lowest BCUT2D eigenvalue weighted by atomic mass is 10.1. The van der Waals surface area contributed by atoms with E-state index in [0.717, 1.165) is 17.9 Å². The molecule has 1 amide bonds. The Morgan fingerprint density at radius 1 is 1.27 bits per heavy atom. The predicted molar refractivity (Wildman–Crippen MR) is 85.6 cm³/mol. The summed E-state index contributed by atoms with van der Waals surface area (Å²) in [6.45, 7) is 3.20. The van der Waals surface area contributed by atoms with Crippen molar-refractivity contribution in [2.24, 2.45) is 0 Å². The molecule has 0 aliphatic carbocycles. The maximum absolute atomic E-state index is 12.8. The molecule has 0 bridgehead atoms. The van der Waals surface area contributed by atoms with Crippen LogP contribution in [-0.2, 0) is 4.74 Å². The Hall–Kier alpha value is -2.33. The molecule has 1 atom stereocenters. The number of carbonyl (C=O) groups is 1. The number of nitrogens with zero attached hydrogens (tertiary/aromatic N) is 1. The zero-order valence-corrected chi connectivity index (χ0v) is 12.8. The Labute approximate surface area is 130 Å². The van der Waals surface area contributed by atoms with Crippen LogP contribution in [0, 0.1) is 6.92 Å². The van der Waals surface area contributed by atoms with Gasteiger partial charge in [-0.2, -0.15) is 0 Å². The maximum atomic E-state index is 12.8. The molecule has 114 valence electrons. The molecule has 4 heteroatoms. The van der Waals surface area contributed by atoms with Gasteiger partial charge in [0.05, 0.1) is 12.2 Å². The standard InChI is InChI=1S/C18H19NO3/c1-13-8-9-16(17(10-13)22-12-15-11-21-15)18(20)19(2)14-6-4-3-5-7-14/h3-10,15H,11-12H2,1-2H3. The van der Waals surface area contributed by atoms with Gasteiger partial charge in [-0.15, -0.1) is 0 Å². The monoisotopic (exact) mass is 297 g/mol. The van der Waals surface area contributed by atoms with E-state index in [1.165, 1.54) is 0 Å². The molecule has 4 nitrogen and oxygen atoms in total. The molecule has 1 heterocycles. The summed E-state index contributed by atoms with van der Waals surface area (Å²) in [5.41, 5.74) is 2.48. The first-order chi connectivity index (χ1) is 10.6. The highest BCUT2D eigenvalue weighted by Crippen LogP contribution is 2.25. The van der Waals surface area contributed by atoms with Gasteiger partial charge in [-0.3, -0.25) is 4.79 Å². The van der Waals surface area contributed by atoms with Crippen molar-refractivity contribution in [1.82, 2.24) is 0 Å². The fraction of sp³-hybridized carbons (Fsp3) is 0.278. The largest absolute Gasteiger partial charge is 0.490 e. The maximum Gasteiger partial charge on any atom is 0.261 e. The molecular formula is C18H19NO3. The van der Waals surface area contributed by atoms with Crippen LogP contribution in [0.2, 0.25) is 0 Å². The molecule has 0 N–H and O–H groups in total. The molecule has 3 rings (SSSR count). The number of amides is 1. The van der Waals surface area contributed by atoms with Crippen LogP contribution in [0.15, 0.2) is 48.5 Å². The van der Waals surface area contributed by atoms with Crippen molar-refractivity contribution in [1.29, 1.82) is 0 Å². The highest BCUT2D eigenvalue weighted by Gasteiger charge is 2.25. The second-order valence-electron chi connectivity index (χ2n) is 5.47. The van der Waals surface area contributed by atoms with E-state index >= 15 is 0 Å². The van der Waals surface area contributed by atoms with Gasteiger partial charge in [-0.05, 0) is 36.8 Å². The highest BCUT2D eigenvalue weighted by atomic mass is 16.6. The van der Waals surface area contributed by atoms with Gasteiger partial charge in [-0.1, -0.05) is 24.3 Å². The van der Waals surface area contributed by atoms with Gasteiger partial charge in [0.15, 0.2) is 0 Å². The Bertz CT molecular complexity index is 665. The topological polar surface area (TPSA) is 42.1 Å². The van der Waals surface area contributed by atoms with E-state index in [2.05, 4.69) is 0 Å². The van der Waals surface area contributed by atoms with Gasteiger partial charge in [0.25, 0.3) is 5.91 Å². The van der Waals surface area contributed by atoms with E-state index in [-0.39, 0.29) is 12.0 Å². The molecule has 22 heavy (non-hydrogen) atoms. The Morgan fingerprint density at radius 3 is 2.68 bits per heavy atom. The van der Waals surface area contributed by atoms with Crippen LogP contribution in [0.25, 0.3) is 0 Å². The van der Waals surface area contributed by atoms with Crippen LogP contribution in [0.3, 0.4) is 0 Å². The second kappa shape index (κ2) is 6.20. The number of carbonyl (C=O) groups excluding carboxylic acids is 1. The molecule has 0 spiro atoms. The summed E-state index contributed by atoms with van der Waals surface area (Å²) in [5, 5.41) is 0. The molecule has 2 aromatic carbocycles. The lowest BCUT2D eigenvalue weighted by molar-refractivity contribution is 0.0988.